The van der Waals surface area contributed by atoms with E-state index in [4.69, 9.17) is 10.5 Å². The van der Waals surface area contributed by atoms with Gasteiger partial charge in [-0.15, -0.1) is 0 Å². The van der Waals surface area contributed by atoms with E-state index in [2.05, 4.69) is 4.72 Å². The predicted octanol–water partition coefficient (Wildman–Crippen LogP) is 0.506. The second-order valence-electron chi connectivity index (χ2n) is 4.57. The van der Waals surface area contributed by atoms with Crippen molar-refractivity contribution in [2.45, 2.75) is 17.9 Å². The molecule has 0 aliphatic heterocycles. The van der Waals surface area contributed by atoms with Crippen LogP contribution in [0.3, 0.4) is 0 Å². The molecule has 1 rings (SSSR count). The van der Waals surface area contributed by atoms with E-state index >= 15 is 0 Å². The third kappa shape index (κ3) is 4.09. The molecule has 0 aromatic heterocycles. The van der Waals surface area contributed by atoms with E-state index in [1.807, 2.05) is 25.9 Å². The van der Waals surface area contributed by atoms with Gasteiger partial charge in [0.05, 0.1) is 17.7 Å². The number of nitrogens with one attached hydrogen (secondary N) is 1. The van der Waals surface area contributed by atoms with Gasteiger partial charge in [0.15, 0.2) is 0 Å². The highest BCUT2D eigenvalue weighted by Gasteiger charge is 2.17. The summed E-state index contributed by atoms with van der Waals surface area (Å²) >= 11 is 0. The Hall–Kier alpha value is -1.31. The lowest BCUT2D eigenvalue weighted by Crippen LogP contribution is -2.38. The molecule has 0 spiro atoms. The lowest BCUT2D eigenvalue weighted by atomic mass is 10.3. The smallest absolute Gasteiger partial charge is 0.240 e. The maximum absolute atomic E-state index is 12.1. The first-order valence-electron chi connectivity index (χ1n) is 5.87. The summed E-state index contributed by atoms with van der Waals surface area (Å²) < 4.78 is 31.8. The number of rotatable bonds is 6. The Balaban J connectivity index is 2.89. The first-order valence-corrected chi connectivity index (χ1v) is 7.36. The molecule has 0 aliphatic carbocycles. The first-order chi connectivity index (χ1) is 8.77. The summed E-state index contributed by atoms with van der Waals surface area (Å²) in [4.78, 5) is 2.08. The molecule has 3 N–H and O–H groups in total. The van der Waals surface area contributed by atoms with Crippen molar-refractivity contribution in [3.8, 4) is 5.75 Å². The third-order valence-corrected chi connectivity index (χ3v) is 4.39. The summed E-state index contributed by atoms with van der Waals surface area (Å²) in [5.41, 5.74) is 6.06. The van der Waals surface area contributed by atoms with E-state index in [1.165, 1.54) is 25.3 Å². The van der Waals surface area contributed by atoms with Gasteiger partial charge in [-0.25, -0.2) is 13.1 Å². The quantitative estimate of drug-likeness (QED) is 0.745. The van der Waals surface area contributed by atoms with Gasteiger partial charge < -0.3 is 15.4 Å². The van der Waals surface area contributed by atoms with Crippen LogP contribution in [-0.2, 0) is 10.0 Å². The zero-order valence-corrected chi connectivity index (χ0v) is 12.5. The minimum atomic E-state index is -3.55. The number of benzene rings is 1. The summed E-state index contributed by atoms with van der Waals surface area (Å²) in [7, 11) is 1.69. The molecule has 1 unspecified atom stereocenters. The number of ether oxygens (including phenoxy) is 1. The molecule has 1 atom stereocenters. The summed E-state index contributed by atoms with van der Waals surface area (Å²) in [5, 5.41) is 0. The van der Waals surface area contributed by atoms with Crippen molar-refractivity contribution in [1.82, 2.24) is 9.62 Å². The van der Waals surface area contributed by atoms with E-state index in [0.29, 0.717) is 18.0 Å². The maximum atomic E-state index is 12.1. The van der Waals surface area contributed by atoms with Crippen LogP contribution < -0.4 is 15.2 Å². The Kier molecular flexibility index (Phi) is 5.16. The molecular formula is C12H21N3O3S. The molecule has 0 saturated heterocycles. The van der Waals surface area contributed by atoms with Gasteiger partial charge in [-0.3, -0.25) is 0 Å². The Morgan fingerprint density at radius 3 is 2.58 bits per heavy atom. The summed E-state index contributed by atoms with van der Waals surface area (Å²) in [6, 6.07) is 4.49. The zero-order valence-electron chi connectivity index (χ0n) is 11.7. The van der Waals surface area contributed by atoms with Gasteiger partial charge in [-0.2, -0.15) is 0 Å². The highest BCUT2D eigenvalue weighted by atomic mass is 32.2. The van der Waals surface area contributed by atoms with Crippen LogP contribution >= 0.6 is 0 Å². The Labute approximate surface area is 114 Å². The van der Waals surface area contributed by atoms with Gasteiger partial charge in [0.2, 0.25) is 10.0 Å². The minimum absolute atomic E-state index is 0.102. The molecule has 1 aromatic carbocycles. The van der Waals surface area contributed by atoms with Crippen molar-refractivity contribution in [2.24, 2.45) is 0 Å². The lowest BCUT2D eigenvalue weighted by molar-refractivity contribution is 0.314. The molecule has 0 bridgehead atoms. The largest absolute Gasteiger partial charge is 0.495 e. The van der Waals surface area contributed by atoms with Crippen LogP contribution in [0.1, 0.15) is 6.92 Å². The van der Waals surface area contributed by atoms with Crippen LogP contribution in [-0.4, -0.2) is 47.1 Å². The molecule has 0 radical (unpaired) electrons. The highest BCUT2D eigenvalue weighted by Crippen LogP contribution is 2.24. The Morgan fingerprint density at radius 1 is 1.42 bits per heavy atom. The number of hydrogen-bond acceptors (Lipinski definition) is 5. The minimum Gasteiger partial charge on any atom is -0.495 e. The number of anilines is 1. The van der Waals surface area contributed by atoms with Crippen LogP contribution in [0.25, 0.3) is 0 Å². The number of nitrogen functional groups attached to an aromatic ring is 1. The van der Waals surface area contributed by atoms with Crippen molar-refractivity contribution in [1.29, 1.82) is 0 Å². The van der Waals surface area contributed by atoms with Crippen LogP contribution in [0.4, 0.5) is 5.69 Å². The normalized spacial score (nSPS) is 13.5. The number of nitrogens with two attached hydrogens (primary N) is 1. The molecule has 6 nitrogen and oxygen atoms in total. The molecular weight excluding hydrogens is 266 g/mol. The second kappa shape index (κ2) is 6.23. The fourth-order valence-corrected chi connectivity index (χ4v) is 2.49. The van der Waals surface area contributed by atoms with Crippen LogP contribution in [0, 0.1) is 0 Å². The molecule has 0 amide bonds. The van der Waals surface area contributed by atoms with Gasteiger partial charge in [0.25, 0.3) is 0 Å². The number of hydrogen-bond donors (Lipinski definition) is 2. The van der Waals surface area contributed by atoms with Crippen molar-refractivity contribution in [3.63, 3.8) is 0 Å². The van der Waals surface area contributed by atoms with Crippen LogP contribution in [0.15, 0.2) is 23.1 Å². The highest BCUT2D eigenvalue weighted by molar-refractivity contribution is 7.89. The average molecular weight is 287 g/mol. The Bertz CT molecular complexity index is 529. The first kappa shape index (κ1) is 15.7. The predicted molar refractivity (Wildman–Crippen MR) is 75.7 cm³/mol. The zero-order chi connectivity index (χ0) is 14.6. The standard InChI is InChI=1S/C12H21N3O3S/c1-9(15(2)3)8-14-19(16,17)10-5-6-11(13)12(7-10)18-4/h5-7,9,14H,8,13H2,1-4H3. The number of sulfonamides is 1. The molecule has 0 fully saturated rings. The topological polar surface area (TPSA) is 84.7 Å². The molecule has 19 heavy (non-hydrogen) atoms. The number of methoxy groups -OCH3 is 1. The van der Waals surface area contributed by atoms with E-state index in [0.717, 1.165) is 0 Å². The number of likely N-dealkylation sites (N-methyl/N-ethyl adjacent to an activating group) is 1. The van der Waals surface area contributed by atoms with Gasteiger partial charge >= 0.3 is 0 Å². The Morgan fingerprint density at radius 2 is 2.05 bits per heavy atom. The average Bonchev–Trinajstić information content (AvgIpc) is 2.36. The second-order valence-corrected chi connectivity index (χ2v) is 6.34. The molecule has 108 valence electrons. The van der Waals surface area contributed by atoms with E-state index in [-0.39, 0.29) is 10.9 Å². The van der Waals surface area contributed by atoms with Crippen molar-refractivity contribution in [2.75, 3.05) is 33.5 Å². The van der Waals surface area contributed by atoms with E-state index in [1.54, 1.807) is 0 Å². The van der Waals surface area contributed by atoms with Crippen molar-refractivity contribution in [3.05, 3.63) is 18.2 Å². The summed E-state index contributed by atoms with van der Waals surface area (Å²) in [5.74, 6) is 0.350. The molecule has 1 aromatic rings. The summed E-state index contributed by atoms with van der Waals surface area (Å²) in [6.07, 6.45) is 0. The van der Waals surface area contributed by atoms with Gasteiger partial charge in [-0.05, 0) is 33.2 Å². The summed E-state index contributed by atoms with van der Waals surface area (Å²) in [6.45, 7) is 2.27. The van der Waals surface area contributed by atoms with Crippen LogP contribution in [0.5, 0.6) is 5.75 Å². The fourth-order valence-electron chi connectivity index (χ4n) is 1.35. The monoisotopic (exact) mass is 287 g/mol. The van der Waals surface area contributed by atoms with E-state index < -0.39 is 10.0 Å². The van der Waals surface area contributed by atoms with Crippen molar-refractivity contribution >= 4 is 15.7 Å². The van der Waals surface area contributed by atoms with Gasteiger partial charge in [-0.1, -0.05) is 0 Å². The van der Waals surface area contributed by atoms with Crippen molar-refractivity contribution < 1.29 is 13.2 Å². The SMILES string of the molecule is COc1cc(S(=O)(=O)NCC(C)N(C)C)ccc1N. The maximum Gasteiger partial charge on any atom is 0.240 e. The van der Waals surface area contributed by atoms with Gasteiger partial charge in [0.1, 0.15) is 5.75 Å². The van der Waals surface area contributed by atoms with Crippen LogP contribution in [0.2, 0.25) is 0 Å². The molecule has 7 heteroatoms. The fraction of sp³-hybridized carbons (Fsp3) is 0.500. The molecule has 0 aliphatic rings. The van der Waals surface area contributed by atoms with Gasteiger partial charge in [0, 0.05) is 18.7 Å². The third-order valence-electron chi connectivity index (χ3n) is 2.97. The molecule has 0 heterocycles. The molecule has 0 saturated carbocycles. The van der Waals surface area contributed by atoms with E-state index in [9.17, 15) is 8.42 Å². The number of nitrogens with zero attached hydrogens (tertiary/aromatic N) is 1. The lowest BCUT2D eigenvalue weighted by Gasteiger charge is -2.20.